The van der Waals surface area contributed by atoms with E-state index in [4.69, 9.17) is 9.47 Å². The van der Waals surface area contributed by atoms with Crippen molar-refractivity contribution < 1.29 is 24.2 Å². The van der Waals surface area contributed by atoms with E-state index in [0.717, 1.165) is 0 Å². The molecular weight excluding hydrogens is 408 g/mol. The second kappa shape index (κ2) is 12.1. The Morgan fingerprint density at radius 3 is 3.03 bits per heavy atom. The van der Waals surface area contributed by atoms with Crippen LogP contribution >= 0.6 is 0 Å². The Morgan fingerprint density at radius 1 is 1.28 bits per heavy atom. The lowest BCUT2D eigenvalue weighted by molar-refractivity contribution is -0.114. The molecule has 0 saturated heterocycles. The third-order valence-corrected chi connectivity index (χ3v) is 4.62. The Hall–Kier alpha value is -3.89. The molecule has 32 heavy (non-hydrogen) atoms. The molecule has 0 bridgehead atoms. The molecule has 1 amide bonds. The Bertz CT molecular complexity index is 1050. The number of fused-ring (bicyclic) bond motifs is 1. The average Bonchev–Trinajstić information content (AvgIpc) is 2.79. The summed E-state index contributed by atoms with van der Waals surface area (Å²) in [5, 5.41) is 12.8. The third-order valence-electron chi connectivity index (χ3n) is 4.62. The van der Waals surface area contributed by atoms with Crippen molar-refractivity contribution in [2.45, 2.75) is 25.4 Å². The topological polar surface area (TPSA) is 97.8 Å². The first-order valence-electron chi connectivity index (χ1n) is 10.3. The van der Waals surface area contributed by atoms with E-state index in [1.54, 1.807) is 42.7 Å². The smallest absolute Gasteiger partial charge is 0.342 e. The van der Waals surface area contributed by atoms with Gasteiger partial charge in [0.1, 0.15) is 17.4 Å². The summed E-state index contributed by atoms with van der Waals surface area (Å²) in [6.07, 6.45) is 11.0. The molecule has 7 nitrogen and oxygen atoms in total. The van der Waals surface area contributed by atoms with Crippen molar-refractivity contribution in [3.05, 3.63) is 83.8 Å². The molecular formula is C25H24N2O5. The number of carbonyl (C=O) groups is 2. The molecule has 0 fully saturated rings. The lowest BCUT2D eigenvalue weighted by atomic mass is 10.0. The number of phenolic OH excluding ortho intramolecular Hbond substituents is 1. The maximum Gasteiger partial charge on any atom is 0.342 e. The molecule has 1 aromatic heterocycles. The van der Waals surface area contributed by atoms with Gasteiger partial charge in [-0.15, -0.1) is 0 Å². The van der Waals surface area contributed by atoms with Crippen LogP contribution in [0.25, 0.3) is 0 Å². The van der Waals surface area contributed by atoms with Crippen LogP contribution in [0, 0.1) is 11.8 Å². The summed E-state index contributed by atoms with van der Waals surface area (Å²) in [5.41, 5.74) is 1.50. The van der Waals surface area contributed by atoms with E-state index in [0.29, 0.717) is 43.6 Å². The number of aromatic hydroxyl groups is 1. The Morgan fingerprint density at radius 2 is 2.19 bits per heavy atom. The van der Waals surface area contributed by atoms with Crippen LogP contribution in [0.3, 0.4) is 0 Å². The summed E-state index contributed by atoms with van der Waals surface area (Å²) >= 11 is 0. The van der Waals surface area contributed by atoms with E-state index in [1.807, 2.05) is 12.2 Å². The monoisotopic (exact) mass is 432 g/mol. The molecule has 1 aliphatic heterocycles. The van der Waals surface area contributed by atoms with E-state index in [9.17, 15) is 14.7 Å². The van der Waals surface area contributed by atoms with Gasteiger partial charge in [-0.05, 0) is 30.2 Å². The number of esters is 1. The minimum atomic E-state index is -0.586. The van der Waals surface area contributed by atoms with Crippen molar-refractivity contribution in [1.82, 2.24) is 10.3 Å². The largest absolute Gasteiger partial charge is 0.507 e. The summed E-state index contributed by atoms with van der Waals surface area (Å²) in [6.45, 7) is 0.864. The maximum absolute atomic E-state index is 12.7. The van der Waals surface area contributed by atoms with E-state index in [2.05, 4.69) is 22.1 Å². The molecule has 0 saturated carbocycles. The third kappa shape index (κ3) is 7.11. The van der Waals surface area contributed by atoms with Crippen molar-refractivity contribution in [3.8, 4) is 17.6 Å². The number of nitrogens with one attached hydrogen (secondary N) is 1. The highest BCUT2D eigenvalue weighted by molar-refractivity contribution is 5.95. The zero-order chi connectivity index (χ0) is 22.6. The van der Waals surface area contributed by atoms with E-state index in [-0.39, 0.29) is 11.3 Å². The maximum atomic E-state index is 12.7. The molecule has 0 radical (unpaired) electrons. The lowest BCUT2D eigenvalue weighted by Crippen LogP contribution is -2.21. The first kappa shape index (κ1) is 22.8. The van der Waals surface area contributed by atoms with Crippen molar-refractivity contribution in [2.24, 2.45) is 0 Å². The van der Waals surface area contributed by atoms with Gasteiger partial charge >= 0.3 is 5.97 Å². The number of benzene rings is 1. The number of aromatic nitrogens is 1. The summed E-state index contributed by atoms with van der Waals surface area (Å²) < 4.78 is 11.2. The number of rotatable bonds is 3. The second-order valence-electron chi connectivity index (χ2n) is 6.98. The first-order valence-corrected chi connectivity index (χ1v) is 10.3. The van der Waals surface area contributed by atoms with Crippen molar-refractivity contribution in [1.29, 1.82) is 0 Å². The van der Waals surface area contributed by atoms with Crippen LogP contribution in [0.4, 0.5) is 0 Å². The van der Waals surface area contributed by atoms with Crippen LogP contribution in [0.15, 0.2) is 67.2 Å². The van der Waals surface area contributed by atoms with Gasteiger partial charge in [0.25, 0.3) is 5.91 Å². The molecule has 164 valence electrons. The molecule has 1 atom stereocenters. The average molecular weight is 432 g/mol. The SMILES string of the molecule is O=C(C#Cc1cccnc1)N/C=C/C[C@@H]1CCOC/C=C/Cc2cccc(O)c2C(=O)O1. The zero-order valence-corrected chi connectivity index (χ0v) is 17.5. The van der Waals surface area contributed by atoms with Crippen LogP contribution in [0.1, 0.15) is 34.3 Å². The fourth-order valence-electron chi connectivity index (χ4n) is 3.03. The molecule has 7 heteroatoms. The summed E-state index contributed by atoms with van der Waals surface area (Å²) in [4.78, 5) is 28.5. The Labute approximate surface area is 186 Å². The summed E-state index contributed by atoms with van der Waals surface area (Å²) in [6, 6.07) is 8.44. The summed E-state index contributed by atoms with van der Waals surface area (Å²) in [5.74, 6) is 4.04. The molecule has 0 aliphatic carbocycles. The fraction of sp³-hybridized carbons (Fsp3) is 0.240. The van der Waals surface area contributed by atoms with Gasteiger partial charge in [-0.1, -0.05) is 36.3 Å². The van der Waals surface area contributed by atoms with Gasteiger partial charge in [0.2, 0.25) is 0 Å². The molecule has 0 unspecified atom stereocenters. The number of hydrogen-bond acceptors (Lipinski definition) is 6. The molecule has 1 aromatic carbocycles. The highest BCUT2D eigenvalue weighted by atomic mass is 16.5. The predicted molar refractivity (Wildman–Crippen MR) is 119 cm³/mol. The molecule has 2 aromatic rings. The van der Waals surface area contributed by atoms with Crippen LogP contribution in [0.5, 0.6) is 5.75 Å². The van der Waals surface area contributed by atoms with E-state index < -0.39 is 18.0 Å². The second-order valence-corrected chi connectivity index (χ2v) is 6.98. The minimum absolute atomic E-state index is 0.108. The van der Waals surface area contributed by atoms with Gasteiger partial charge in [0.15, 0.2) is 0 Å². The van der Waals surface area contributed by atoms with Gasteiger partial charge < -0.3 is 19.9 Å². The van der Waals surface area contributed by atoms with Crippen LogP contribution < -0.4 is 5.32 Å². The van der Waals surface area contributed by atoms with E-state index in [1.165, 1.54) is 12.3 Å². The number of hydrogen-bond donors (Lipinski definition) is 2. The fourth-order valence-corrected chi connectivity index (χ4v) is 3.03. The van der Waals surface area contributed by atoms with Crippen LogP contribution in [-0.4, -0.2) is 41.3 Å². The van der Waals surface area contributed by atoms with Gasteiger partial charge in [0, 0.05) is 42.9 Å². The predicted octanol–water partition coefficient (Wildman–Crippen LogP) is 2.90. The van der Waals surface area contributed by atoms with Crippen LogP contribution in [0.2, 0.25) is 0 Å². The molecule has 2 N–H and O–H groups in total. The van der Waals surface area contributed by atoms with Gasteiger partial charge in [-0.2, -0.15) is 0 Å². The number of phenols is 1. The number of carbonyl (C=O) groups excluding carboxylic acids is 2. The molecule has 0 spiro atoms. The number of ether oxygens (including phenoxy) is 2. The van der Waals surface area contributed by atoms with Crippen LogP contribution in [-0.2, 0) is 20.7 Å². The number of pyridine rings is 1. The van der Waals surface area contributed by atoms with Gasteiger partial charge in [0.05, 0.1) is 13.2 Å². The van der Waals surface area contributed by atoms with E-state index >= 15 is 0 Å². The number of amides is 1. The summed E-state index contributed by atoms with van der Waals surface area (Å²) in [7, 11) is 0. The standard InChI is InChI=1S/C25H24N2O5/c28-22-10-3-8-20-7-1-2-16-31-17-13-21(32-25(30)24(20)22)9-5-15-27-23(29)12-11-19-6-4-14-26-18-19/h1-6,8,10,14-15,18,21,28H,7,9,13,16-17H2,(H,27,29)/b2-1+,15-5+/t21-/m1/s1. The minimum Gasteiger partial charge on any atom is -0.507 e. The van der Waals surface area contributed by atoms with Gasteiger partial charge in [-0.25, -0.2) is 4.79 Å². The molecule has 2 heterocycles. The highest BCUT2D eigenvalue weighted by Crippen LogP contribution is 2.24. The van der Waals surface area contributed by atoms with Crippen molar-refractivity contribution in [2.75, 3.05) is 13.2 Å². The number of cyclic esters (lactones) is 1. The Kier molecular flexibility index (Phi) is 8.60. The quantitative estimate of drug-likeness (QED) is 0.440. The Balaban J connectivity index is 1.61. The zero-order valence-electron chi connectivity index (χ0n) is 17.5. The lowest BCUT2D eigenvalue weighted by Gasteiger charge is -2.18. The normalized spacial score (nSPS) is 17.6. The number of nitrogens with zero attached hydrogens (tertiary/aromatic N) is 1. The number of allylic oxidation sites excluding steroid dienone is 1. The molecule has 1 aliphatic rings. The van der Waals surface area contributed by atoms with Crippen molar-refractivity contribution in [3.63, 3.8) is 0 Å². The highest BCUT2D eigenvalue weighted by Gasteiger charge is 2.21. The van der Waals surface area contributed by atoms with Crippen molar-refractivity contribution >= 4 is 11.9 Å². The first-order chi connectivity index (χ1) is 15.6. The molecule has 3 rings (SSSR count). The van der Waals surface area contributed by atoms with Gasteiger partial charge in [-0.3, -0.25) is 9.78 Å².